The largest absolute Gasteiger partial charge is 0.299 e. The van der Waals surface area contributed by atoms with Crippen molar-refractivity contribution in [3.8, 4) is 0 Å². The van der Waals surface area contributed by atoms with E-state index in [1.54, 1.807) is 0 Å². The van der Waals surface area contributed by atoms with Crippen LogP contribution >= 0.6 is 34.2 Å². The molecule has 1 aliphatic rings. The van der Waals surface area contributed by atoms with Crippen LogP contribution in [0.5, 0.6) is 0 Å². The maximum atomic E-state index is 11.4. The van der Waals surface area contributed by atoms with Crippen LogP contribution in [0.15, 0.2) is 18.2 Å². The Balaban J connectivity index is 2.27. The van der Waals surface area contributed by atoms with Gasteiger partial charge in [0.2, 0.25) is 0 Å². The maximum absolute atomic E-state index is 11.4. The van der Waals surface area contributed by atoms with Crippen LogP contribution in [-0.4, -0.2) is 11.6 Å². The molecule has 0 spiro atoms. The molecule has 90 valence electrons. The number of ketones is 2. The van der Waals surface area contributed by atoms with Crippen molar-refractivity contribution in [2.75, 3.05) is 0 Å². The van der Waals surface area contributed by atoms with Gasteiger partial charge in [-0.2, -0.15) is 0 Å². The minimum atomic E-state index is 0.0442. The van der Waals surface area contributed by atoms with E-state index in [0.717, 1.165) is 20.6 Å². The zero-order chi connectivity index (χ0) is 12.4. The second-order valence-corrected chi connectivity index (χ2v) is 5.51. The van der Waals surface area contributed by atoms with Gasteiger partial charge in [0.25, 0.3) is 0 Å². The van der Waals surface area contributed by atoms with Crippen molar-refractivity contribution in [3.63, 3.8) is 0 Å². The molecule has 1 aromatic carbocycles. The summed E-state index contributed by atoms with van der Waals surface area (Å²) in [5, 5.41) is 0.747. The summed E-state index contributed by atoms with van der Waals surface area (Å²) in [6.45, 7) is 0. The van der Waals surface area contributed by atoms with E-state index in [4.69, 9.17) is 11.6 Å². The number of alkyl halides is 1. The van der Waals surface area contributed by atoms with Gasteiger partial charge in [-0.1, -0.05) is 46.3 Å². The Bertz CT molecular complexity index is 454. The summed E-state index contributed by atoms with van der Waals surface area (Å²) in [5.74, 6) is 0.150. The quantitative estimate of drug-likeness (QED) is 0.457. The molecule has 0 N–H and O–H groups in total. The maximum Gasteiger partial charge on any atom is 0.140 e. The van der Waals surface area contributed by atoms with Gasteiger partial charge in [-0.05, 0) is 23.1 Å². The molecular formula is C13H12ClIO2. The third kappa shape index (κ3) is 3.07. The summed E-state index contributed by atoms with van der Waals surface area (Å²) >= 11 is 8.31. The molecule has 4 heteroatoms. The van der Waals surface area contributed by atoms with Gasteiger partial charge in [-0.3, -0.25) is 9.59 Å². The number of hydrogen-bond acceptors (Lipinski definition) is 2. The van der Waals surface area contributed by atoms with Gasteiger partial charge >= 0.3 is 0 Å². The van der Waals surface area contributed by atoms with Gasteiger partial charge in [0, 0.05) is 22.3 Å². The highest BCUT2D eigenvalue weighted by Gasteiger charge is 2.26. The van der Waals surface area contributed by atoms with Gasteiger partial charge in [0.05, 0.1) is 6.42 Å². The molecule has 0 heterocycles. The second-order valence-electron chi connectivity index (χ2n) is 4.34. The highest BCUT2D eigenvalue weighted by atomic mass is 127. The van der Waals surface area contributed by atoms with Crippen molar-refractivity contribution in [1.29, 1.82) is 0 Å². The van der Waals surface area contributed by atoms with Crippen LogP contribution in [0.3, 0.4) is 0 Å². The molecule has 0 radical (unpaired) electrons. The van der Waals surface area contributed by atoms with Crippen molar-refractivity contribution in [3.05, 3.63) is 34.3 Å². The summed E-state index contributed by atoms with van der Waals surface area (Å²) in [6.07, 6.45) is 1.07. The van der Waals surface area contributed by atoms with E-state index in [2.05, 4.69) is 22.6 Å². The zero-order valence-corrected chi connectivity index (χ0v) is 12.1. The molecule has 1 aromatic rings. The number of carbonyl (C=O) groups excluding carboxylic acids is 2. The standard InChI is InChI=1S/C13H12ClIO2/c14-13-2-1-8(3-10(13)7-15)9-4-11(16)6-12(17)5-9/h1-3,9H,4-7H2. The average molecular weight is 363 g/mol. The molecule has 0 saturated heterocycles. The smallest absolute Gasteiger partial charge is 0.140 e. The Hall–Kier alpha value is -0.420. The lowest BCUT2D eigenvalue weighted by Crippen LogP contribution is -2.21. The first-order valence-corrected chi connectivity index (χ1v) is 7.38. The number of hydrogen-bond donors (Lipinski definition) is 0. The lowest BCUT2D eigenvalue weighted by atomic mass is 9.82. The predicted octanol–water partition coefficient (Wildman–Crippen LogP) is 3.68. The van der Waals surface area contributed by atoms with Crippen LogP contribution in [0.1, 0.15) is 36.3 Å². The summed E-state index contributed by atoms with van der Waals surface area (Å²) < 4.78 is 0.832. The van der Waals surface area contributed by atoms with E-state index in [0.29, 0.717) is 12.8 Å². The Morgan fingerprint density at radius 3 is 2.47 bits per heavy atom. The first-order valence-electron chi connectivity index (χ1n) is 5.48. The van der Waals surface area contributed by atoms with E-state index in [1.165, 1.54) is 0 Å². The van der Waals surface area contributed by atoms with Crippen LogP contribution in [0, 0.1) is 0 Å². The SMILES string of the molecule is O=C1CC(=O)CC(c2ccc(Cl)c(CI)c2)C1. The predicted molar refractivity (Wildman–Crippen MR) is 75.8 cm³/mol. The normalized spacial score (nSPS) is 17.5. The molecule has 2 nitrogen and oxygen atoms in total. The molecular weight excluding hydrogens is 350 g/mol. The highest BCUT2D eigenvalue weighted by Crippen LogP contribution is 2.32. The van der Waals surface area contributed by atoms with Crippen LogP contribution in [0.4, 0.5) is 0 Å². The number of benzene rings is 1. The van der Waals surface area contributed by atoms with Crippen LogP contribution in [-0.2, 0) is 14.0 Å². The summed E-state index contributed by atoms with van der Waals surface area (Å²) in [4.78, 5) is 22.9. The van der Waals surface area contributed by atoms with Crippen LogP contribution in [0.2, 0.25) is 5.02 Å². The molecule has 1 fully saturated rings. The fraction of sp³-hybridized carbons (Fsp3) is 0.385. The van der Waals surface area contributed by atoms with Crippen molar-refractivity contribution in [2.45, 2.75) is 29.6 Å². The highest BCUT2D eigenvalue weighted by molar-refractivity contribution is 14.1. The fourth-order valence-corrected chi connectivity index (χ4v) is 3.21. The molecule has 0 aliphatic heterocycles. The molecule has 1 saturated carbocycles. The van der Waals surface area contributed by atoms with E-state index in [9.17, 15) is 9.59 Å². The Kier molecular flexibility index (Phi) is 4.20. The van der Waals surface area contributed by atoms with E-state index in [1.807, 2.05) is 18.2 Å². The van der Waals surface area contributed by atoms with Crippen LogP contribution in [0.25, 0.3) is 0 Å². The molecule has 0 atom stereocenters. The first kappa shape index (κ1) is 13.0. The van der Waals surface area contributed by atoms with Crippen molar-refractivity contribution >= 4 is 45.8 Å². The van der Waals surface area contributed by atoms with Gasteiger partial charge in [-0.15, -0.1) is 0 Å². The summed E-state index contributed by atoms with van der Waals surface area (Å²) in [5.41, 5.74) is 2.12. The number of carbonyl (C=O) groups is 2. The van der Waals surface area contributed by atoms with E-state index >= 15 is 0 Å². The van der Waals surface area contributed by atoms with Crippen LogP contribution < -0.4 is 0 Å². The number of Topliss-reactive ketones (excluding diaryl/α,β-unsaturated/α-hetero) is 2. The van der Waals surface area contributed by atoms with E-state index in [-0.39, 0.29) is 23.9 Å². The Morgan fingerprint density at radius 2 is 1.88 bits per heavy atom. The molecule has 0 bridgehead atoms. The minimum absolute atomic E-state index is 0.0442. The first-order chi connectivity index (χ1) is 8.10. The topological polar surface area (TPSA) is 34.1 Å². The minimum Gasteiger partial charge on any atom is -0.299 e. The average Bonchev–Trinajstić information content (AvgIpc) is 2.28. The molecule has 2 rings (SSSR count). The summed E-state index contributed by atoms with van der Waals surface area (Å²) in [6, 6.07) is 5.80. The molecule has 0 amide bonds. The lowest BCUT2D eigenvalue weighted by molar-refractivity contribution is -0.130. The third-order valence-corrected chi connectivity index (χ3v) is 4.22. The zero-order valence-electron chi connectivity index (χ0n) is 9.21. The van der Waals surface area contributed by atoms with Crippen molar-refractivity contribution < 1.29 is 9.59 Å². The van der Waals surface area contributed by atoms with Gasteiger partial charge in [0.1, 0.15) is 11.6 Å². The van der Waals surface area contributed by atoms with Gasteiger partial charge in [-0.25, -0.2) is 0 Å². The van der Waals surface area contributed by atoms with Crippen molar-refractivity contribution in [1.82, 2.24) is 0 Å². The van der Waals surface area contributed by atoms with Gasteiger partial charge in [0.15, 0.2) is 0 Å². The lowest BCUT2D eigenvalue weighted by Gasteiger charge is -2.21. The monoisotopic (exact) mass is 362 g/mol. The molecule has 1 aliphatic carbocycles. The molecule has 0 unspecified atom stereocenters. The molecule has 17 heavy (non-hydrogen) atoms. The Morgan fingerprint density at radius 1 is 1.24 bits per heavy atom. The molecule has 0 aromatic heterocycles. The van der Waals surface area contributed by atoms with E-state index < -0.39 is 0 Å². The fourth-order valence-electron chi connectivity index (χ4n) is 2.17. The number of halogens is 2. The third-order valence-electron chi connectivity index (χ3n) is 3.03. The number of rotatable bonds is 2. The van der Waals surface area contributed by atoms with Crippen molar-refractivity contribution in [2.24, 2.45) is 0 Å². The summed E-state index contributed by atoms with van der Waals surface area (Å²) in [7, 11) is 0. The van der Waals surface area contributed by atoms with Gasteiger partial charge < -0.3 is 0 Å². The second kappa shape index (κ2) is 5.48. The Labute approximate surface area is 119 Å².